The number of hydrogen-bond acceptors (Lipinski definition) is 3. The zero-order chi connectivity index (χ0) is 17.7. The zero-order valence-electron chi connectivity index (χ0n) is 15.0. The maximum absolute atomic E-state index is 6.25. The molecule has 25 heavy (non-hydrogen) atoms. The topological polar surface area (TPSA) is 32.5 Å². The summed E-state index contributed by atoms with van der Waals surface area (Å²) in [5.74, 6) is 0. The highest BCUT2D eigenvalue weighted by Crippen LogP contribution is 2.29. The summed E-state index contributed by atoms with van der Waals surface area (Å²) in [7, 11) is 2.22. The standard InChI is InChI=1S/C21H28BrN3/c1-24(15-19-7-9-20(22)10-8-19)21(17-23)11-13-25(14-12-21)16-18-5-3-2-4-6-18/h2-10H,11-17,23H2,1H3. The van der Waals surface area contributed by atoms with Gasteiger partial charge in [0.15, 0.2) is 0 Å². The summed E-state index contributed by atoms with van der Waals surface area (Å²) in [4.78, 5) is 5.02. The largest absolute Gasteiger partial charge is 0.329 e. The average molecular weight is 402 g/mol. The highest BCUT2D eigenvalue weighted by atomic mass is 79.9. The van der Waals surface area contributed by atoms with E-state index in [2.05, 4.69) is 87.4 Å². The van der Waals surface area contributed by atoms with Gasteiger partial charge in [0.2, 0.25) is 0 Å². The second-order valence-corrected chi connectivity index (χ2v) is 8.09. The van der Waals surface area contributed by atoms with Gasteiger partial charge in [-0.3, -0.25) is 9.80 Å². The van der Waals surface area contributed by atoms with Crippen LogP contribution in [0.5, 0.6) is 0 Å². The first kappa shape index (κ1) is 18.6. The van der Waals surface area contributed by atoms with E-state index in [1.54, 1.807) is 0 Å². The Morgan fingerprint density at radius 3 is 2.24 bits per heavy atom. The van der Waals surface area contributed by atoms with E-state index in [9.17, 15) is 0 Å². The summed E-state index contributed by atoms with van der Waals surface area (Å²) in [5, 5.41) is 0. The molecule has 0 bridgehead atoms. The molecule has 1 aliphatic rings. The SMILES string of the molecule is CN(Cc1ccc(Br)cc1)C1(CN)CCN(Cc2ccccc2)CC1. The van der Waals surface area contributed by atoms with E-state index in [1.165, 1.54) is 11.1 Å². The fourth-order valence-electron chi connectivity index (χ4n) is 3.74. The van der Waals surface area contributed by atoms with Gasteiger partial charge in [-0.05, 0) is 43.1 Å². The summed E-state index contributed by atoms with van der Waals surface area (Å²) in [6.45, 7) is 4.92. The smallest absolute Gasteiger partial charge is 0.0356 e. The third-order valence-electron chi connectivity index (χ3n) is 5.56. The zero-order valence-corrected chi connectivity index (χ0v) is 16.6. The van der Waals surface area contributed by atoms with Gasteiger partial charge in [-0.1, -0.05) is 58.4 Å². The predicted octanol–water partition coefficient (Wildman–Crippen LogP) is 3.87. The van der Waals surface area contributed by atoms with Crippen LogP contribution in [0.4, 0.5) is 0 Å². The number of rotatable bonds is 6. The maximum atomic E-state index is 6.25. The summed E-state index contributed by atoms with van der Waals surface area (Å²) in [6.07, 6.45) is 2.26. The van der Waals surface area contributed by atoms with Gasteiger partial charge < -0.3 is 5.73 Å². The van der Waals surface area contributed by atoms with Gasteiger partial charge in [0.1, 0.15) is 0 Å². The first-order chi connectivity index (χ1) is 12.1. The van der Waals surface area contributed by atoms with Crippen LogP contribution in [0.2, 0.25) is 0 Å². The molecule has 2 aromatic carbocycles. The lowest BCUT2D eigenvalue weighted by Crippen LogP contribution is -2.57. The Morgan fingerprint density at radius 2 is 1.64 bits per heavy atom. The molecule has 2 N–H and O–H groups in total. The van der Waals surface area contributed by atoms with Gasteiger partial charge in [0, 0.05) is 42.7 Å². The minimum atomic E-state index is 0.111. The van der Waals surface area contributed by atoms with Crippen LogP contribution in [0.25, 0.3) is 0 Å². The second-order valence-electron chi connectivity index (χ2n) is 7.17. The van der Waals surface area contributed by atoms with Crippen LogP contribution >= 0.6 is 15.9 Å². The molecule has 0 amide bonds. The molecule has 0 unspecified atom stereocenters. The van der Waals surface area contributed by atoms with Crippen molar-refractivity contribution in [1.29, 1.82) is 0 Å². The Kier molecular flexibility index (Phi) is 6.29. The molecule has 3 nitrogen and oxygen atoms in total. The van der Waals surface area contributed by atoms with Gasteiger partial charge in [-0.2, -0.15) is 0 Å². The molecule has 0 aliphatic carbocycles. The van der Waals surface area contributed by atoms with E-state index in [-0.39, 0.29) is 5.54 Å². The number of likely N-dealkylation sites (tertiary alicyclic amines) is 1. The Labute approximate surface area is 159 Å². The van der Waals surface area contributed by atoms with Crippen molar-refractivity contribution >= 4 is 15.9 Å². The lowest BCUT2D eigenvalue weighted by Gasteiger charge is -2.47. The molecule has 1 heterocycles. The van der Waals surface area contributed by atoms with Crippen LogP contribution in [-0.2, 0) is 13.1 Å². The fraction of sp³-hybridized carbons (Fsp3) is 0.429. The Morgan fingerprint density at radius 1 is 1.00 bits per heavy atom. The second kappa shape index (κ2) is 8.45. The van der Waals surface area contributed by atoms with Crippen molar-refractivity contribution in [2.45, 2.75) is 31.5 Å². The molecular weight excluding hydrogens is 374 g/mol. The Bertz CT molecular complexity index is 649. The number of nitrogens with two attached hydrogens (primary N) is 1. The van der Waals surface area contributed by atoms with E-state index in [0.717, 1.165) is 50.0 Å². The van der Waals surface area contributed by atoms with E-state index in [1.807, 2.05) is 0 Å². The molecule has 3 rings (SSSR count). The highest BCUT2D eigenvalue weighted by molar-refractivity contribution is 9.10. The molecule has 134 valence electrons. The maximum Gasteiger partial charge on any atom is 0.0356 e. The van der Waals surface area contributed by atoms with E-state index < -0.39 is 0 Å². The van der Waals surface area contributed by atoms with Crippen molar-refractivity contribution < 1.29 is 0 Å². The van der Waals surface area contributed by atoms with Crippen LogP contribution < -0.4 is 5.73 Å². The van der Waals surface area contributed by atoms with Gasteiger partial charge >= 0.3 is 0 Å². The van der Waals surface area contributed by atoms with Crippen LogP contribution in [0.1, 0.15) is 24.0 Å². The fourth-order valence-corrected chi connectivity index (χ4v) is 4.01. The van der Waals surface area contributed by atoms with Crippen LogP contribution in [0.3, 0.4) is 0 Å². The number of likely N-dealkylation sites (N-methyl/N-ethyl adjacent to an activating group) is 1. The van der Waals surface area contributed by atoms with Crippen LogP contribution in [-0.4, -0.2) is 42.0 Å². The molecule has 1 saturated heterocycles. The minimum absolute atomic E-state index is 0.111. The van der Waals surface area contributed by atoms with E-state index >= 15 is 0 Å². The molecule has 0 saturated carbocycles. The monoisotopic (exact) mass is 401 g/mol. The lowest BCUT2D eigenvalue weighted by molar-refractivity contribution is 0.0374. The molecule has 0 aromatic heterocycles. The van der Waals surface area contributed by atoms with Crippen molar-refractivity contribution in [3.05, 3.63) is 70.2 Å². The van der Waals surface area contributed by atoms with Crippen molar-refractivity contribution in [3.63, 3.8) is 0 Å². The van der Waals surface area contributed by atoms with E-state index in [4.69, 9.17) is 5.73 Å². The summed E-state index contributed by atoms with van der Waals surface area (Å²) < 4.78 is 1.13. The van der Waals surface area contributed by atoms with Crippen LogP contribution in [0.15, 0.2) is 59.1 Å². The molecule has 0 radical (unpaired) electrons. The van der Waals surface area contributed by atoms with Gasteiger partial charge in [-0.15, -0.1) is 0 Å². The van der Waals surface area contributed by atoms with Crippen molar-refractivity contribution in [2.75, 3.05) is 26.7 Å². The number of nitrogens with zero attached hydrogens (tertiary/aromatic N) is 2. The third-order valence-corrected chi connectivity index (χ3v) is 6.09. The molecular formula is C21H28BrN3. The van der Waals surface area contributed by atoms with Gasteiger partial charge in [-0.25, -0.2) is 0 Å². The number of piperidine rings is 1. The van der Waals surface area contributed by atoms with Gasteiger partial charge in [0.05, 0.1) is 0 Å². The molecule has 0 spiro atoms. The highest BCUT2D eigenvalue weighted by Gasteiger charge is 2.36. The van der Waals surface area contributed by atoms with Gasteiger partial charge in [0.25, 0.3) is 0 Å². The molecule has 0 atom stereocenters. The number of halogens is 1. The first-order valence-corrected chi connectivity index (χ1v) is 9.83. The summed E-state index contributed by atoms with van der Waals surface area (Å²) in [6, 6.07) is 19.3. The Balaban J connectivity index is 1.59. The number of benzene rings is 2. The first-order valence-electron chi connectivity index (χ1n) is 9.03. The van der Waals surface area contributed by atoms with E-state index in [0.29, 0.717) is 0 Å². The third kappa shape index (κ3) is 4.70. The summed E-state index contributed by atoms with van der Waals surface area (Å²) >= 11 is 3.51. The predicted molar refractivity (Wildman–Crippen MR) is 108 cm³/mol. The molecule has 1 aliphatic heterocycles. The molecule has 4 heteroatoms. The van der Waals surface area contributed by atoms with Crippen molar-refractivity contribution in [3.8, 4) is 0 Å². The normalized spacial score (nSPS) is 17.8. The average Bonchev–Trinajstić information content (AvgIpc) is 2.65. The van der Waals surface area contributed by atoms with Crippen molar-refractivity contribution in [1.82, 2.24) is 9.80 Å². The quantitative estimate of drug-likeness (QED) is 0.796. The summed E-state index contributed by atoms with van der Waals surface area (Å²) in [5.41, 5.74) is 9.09. The molecule has 1 fully saturated rings. The van der Waals surface area contributed by atoms with Crippen molar-refractivity contribution in [2.24, 2.45) is 5.73 Å². The molecule has 2 aromatic rings. The Hall–Kier alpha value is -1.20. The minimum Gasteiger partial charge on any atom is -0.329 e. The van der Waals surface area contributed by atoms with Crippen LogP contribution in [0, 0.1) is 0 Å². The number of hydrogen-bond donors (Lipinski definition) is 1. The lowest BCUT2D eigenvalue weighted by atomic mass is 9.85.